The maximum absolute atomic E-state index is 9.60. The molecule has 0 radical (unpaired) electrons. The van der Waals surface area contributed by atoms with Crippen molar-refractivity contribution < 1.29 is 9.94 Å². The van der Waals surface area contributed by atoms with Gasteiger partial charge in [0.2, 0.25) is 0 Å². The van der Waals surface area contributed by atoms with Gasteiger partial charge in [-0.1, -0.05) is 6.07 Å². The maximum Gasteiger partial charge on any atom is 0.115 e. The highest BCUT2D eigenvalue weighted by Crippen LogP contribution is 2.49. The predicted octanol–water partition coefficient (Wildman–Crippen LogP) is 2.74. The highest BCUT2D eigenvalue weighted by atomic mass is 16.7. The van der Waals surface area contributed by atoms with Crippen LogP contribution in [-0.4, -0.2) is 17.3 Å². The minimum atomic E-state index is -0.230. The van der Waals surface area contributed by atoms with Gasteiger partial charge in [0, 0.05) is 0 Å². The molecule has 1 N–H and O–H groups in total. The van der Waals surface area contributed by atoms with Crippen LogP contribution in [0.2, 0.25) is 0 Å². The fourth-order valence-corrected chi connectivity index (χ4v) is 2.95. The molecule has 0 unspecified atom stereocenters. The standard InChI is InChI=1S/C13H19NO2/c1-12(2)10-7-6-9(15)8-11(10)13(3,4)14(12)16-5/h6-8,15H,1-5H3. The van der Waals surface area contributed by atoms with Crippen LogP contribution in [0.25, 0.3) is 0 Å². The molecule has 88 valence electrons. The third kappa shape index (κ3) is 1.28. The van der Waals surface area contributed by atoms with Gasteiger partial charge in [-0.05, 0) is 51.0 Å². The zero-order valence-electron chi connectivity index (χ0n) is 10.5. The van der Waals surface area contributed by atoms with Crippen molar-refractivity contribution in [2.24, 2.45) is 0 Å². The predicted molar refractivity (Wildman–Crippen MR) is 63.0 cm³/mol. The first kappa shape index (κ1) is 11.4. The quantitative estimate of drug-likeness (QED) is 0.791. The van der Waals surface area contributed by atoms with E-state index in [0.29, 0.717) is 5.75 Å². The van der Waals surface area contributed by atoms with E-state index in [9.17, 15) is 5.11 Å². The Morgan fingerprint density at radius 2 is 1.62 bits per heavy atom. The number of hydroxylamine groups is 2. The summed E-state index contributed by atoms with van der Waals surface area (Å²) in [5.74, 6) is 0.306. The van der Waals surface area contributed by atoms with E-state index in [-0.39, 0.29) is 11.1 Å². The van der Waals surface area contributed by atoms with Gasteiger partial charge in [0.25, 0.3) is 0 Å². The molecule has 0 fully saturated rings. The van der Waals surface area contributed by atoms with Gasteiger partial charge in [0.1, 0.15) is 5.75 Å². The Bertz CT molecular complexity index is 424. The second kappa shape index (κ2) is 3.22. The van der Waals surface area contributed by atoms with Gasteiger partial charge < -0.3 is 9.94 Å². The van der Waals surface area contributed by atoms with Crippen molar-refractivity contribution in [1.29, 1.82) is 0 Å². The van der Waals surface area contributed by atoms with Gasteiger partial charge in [0.15, 0.2) is 0 Å². The largest absolute Gasteiger partial charge is 0.508 e. The molecule has 0 atom stereocenters. The summed E-state index contributed by atoms with van der Waals surface area (Å²) in [6, 6.07) is 5.54. The van der Waals surface area contributed by atoms with Crippen molar-refractivity contribution in [3.63, 3.8) is 0 Å². The van der Waals surface area contributed by atoms with E-state index in [0.717, 1.165) is 5.56 Å². The van der Waals surface area contributed by atoms with Crippen molar-refractivity contribution in [3.8, 4) is 5.75 Å². The molecule has 3 heteroatoms. The number of nitrogens with zero attached hydrogens (tertiary/aromatic N) is 1. The van der Waals surface area contributed by atoms with E-state index >= 15 is 0 Å². The van der Waals surface area contributed by atoms with E-state index in [1.807, 2.05) is 17.2 Å². The molecular weight excluding hydrogens is 202 g/mol. The SMILES string of the molecule is CON1C(C)(C)c2ccc(O)cc2C1(C)C. The van der Waals surface area contributed by atoms with Crippen molar-refractivity contribution in [2.45, 2.75) is 38.8 Å². The Balaban J connectivity index is 2.68. The molecule has 1 aliphatic heterocycles. The van der Waals surface area contributed by atoms with Crippen molar-refractivity contribution >= 4 is 0 Å². The van der Waals surface area contributed by atoms with Crippen LogP contribution in [0.4, 0.5) is 0 Å². The monoisotopic (exact) mass is 221 g/mol. The van der Waals surface area contributed by atoms with Crippen LogP contribution in [0.1, 0.15) is 38.8 Å². The Morgan fingerprint density at radius 1 is 1.06 bits per heavy atom. The highest BCUT2D eigenvalue weighted by Gasteiger charge is 2.49. The van der Waals surface area contributed by atoms with Crippen LogP contribution in [0, 0.1) is 0 Å². The summed E-state index contributed by atoms with van der Waals surface area (Å²) < 4.78 is 0. The molecule has 1 aromatic rings. The van der Waals surface area contributed by atoms with Crippen LogP contribution >= 0.6 is 0 Å². The summed E-state index contributed by atoms with van der Waals surface area (Å²) in [5.41, 5.74) is 1.92. The van der Waals surface area contributed by atoms with Crippen LogP contribution < -0.4 is 0 Å². The topological polar surface area (TPSA) is 32.7 Å². The van der Waals surface area contributed by atoms with E-state index in [1.165, 1.54) is 5.56 Å². The molecule has 1 heterocycles. The second-order valence-corrected chi connectivity index (χ2v) is 5.32. The number of hydrogen-bond acceptors (Lipinski definition) is 3. The molecule has 16 heavy (non-hydrogen) atoms. The molecule has 3 nitrogen and oxygen atoms in total. The number of phenolic OH excluding ortho intramolecular Hbond substituents is 1. The molecule has 1 aliphatic rings. The third-order valence-electron chi connectivity index (χ3n) is 3.52. The Hall–Kier alpha value is -1.06. The minimum Gasteiger partial charge on any atom is -0.508 e. The normalized spacial score (nSPS) is 22.1. The Labute approximate surface area is 96.6 Å². The summed E-state index contributed by atoms with van der Waals surface area (Å²) in [5, 5.41) is 11.6. The minimum absolute atomic E-state index is 0.179. The number of phenols is 1. The summed E-state index contributed by atoms with van der Waals surface area (Å²) in [6.07, 6.45) is 0. The van der Waals surface area contributed by atoms with Crippen LogP contribution in [0.5, 0.6) is 5.75 Å². The van der Waals surface area contributed by atoms with Crippen molar-refractivity contribution in [1.82, 2.24) is 5.06 Å². The Morgan fingerprint density at radius 3 is 2.19 bits per heavy atom. The molecule has 2 rings (SSSR count). The number of aromatic hydroxyl groups is 1. The summed E-state index contributed by atoms with van der Waals surface area (Å²) in [7, 11) is 1.69. The average molecular weight is 221 g/mol. The number of benzene rings is 1. The molecular formula is C13H19NO2. The summed E-state index contributed by atoms with van der Waals surface area (Å²) in [4.78, 5) is 5.52. The first-order chi connectivity index (χ1) is 7.31. The maximum atomic E-state index is 9.60. The van der Waals surface area contributed by atoms with Crippen LogP contribution in [0.15, 0.2) is 18.2 Å². The highest BCUT2D eigenvalue weighted by molar-refractivity contribution is 5.46. The Kier molecular flexibility index (Phi) is 2.30. The molecule has 0 aliphatic carbocycles. The van der Waals surface area contributed by atoms with E-state index < -0.39 is 0 Å². The average Bonchev–Trinajstić information content (AvgIpc) is 2.30. The van der Waals surface area contributed by atoms with Gasteiger partial charge in [0.05, 0.1) is 18.2 Å². The zero-order chi connectivity index (χ0) is 12.1. The fraction of sp³-hybridized carbons (Fsp3) is 0.538. The van der Waals surface area contributed by atoms with Gasteiger partial charge in [-0.2, -0.15) is 5.06 Å². The van der Waals surface area contributed by atoms with E-state index in [1.54, 1.807) is 13.2 Å². The van der Waals surface area contributed by atoms with Crippen molar-refractivity contribution in [3.05, 3.63) is 29.3 Å². The fourth-order valence-electron chi connectivity index (χ4n) is 2.95. The number of fused-ring (bicyclic) bond motifs is 1. The summed E-state index contributed by atoms with van der Waals surface area (Å²) in [6.45, 7) is 8.45. The lowest BCUT2D eigenvalue weighted by atomic mass is 9.90. The van der Waals surface area contributed by atoms with Crippen LogP contribution in [-0.2, 0) is 15.9 Å². The van der Waals surface area contributed by atoms with Gasteiger partial charge >= 0.3 is 0 Å². The molecule has 0 amide bonds. The number of hydrogen-bond donors (Lipinski definition) is 1. The molecule has 0 saturated carbocycles. The van der Waals surface area contributed by atoms with Crippen molar-refractivity contribution in [2.75, 3.05) is 7.11 Å². The van der Waals surface area contributed by atoms with Crippen LogP contribution in [0.3, 0.4) is 0 Å². The molecule has 0 aromatic heterocycles. The first-order valence-corrected chi connectivity index (χ1v) is 5.50. The lowest BCUT2D eigenvalue weighted by molar-refractivity contribution is -0.241. The lowest BCUT2D eigenvalue weighted by Gasteiger charge is -2.38. The molecule has 0 bridgehead atoms. The van der Waals surface area contributed by atoms with E-state index in [4.69, 9.17) is 4.84 Å². The lowest BCUT2D eigenvalue weighted by Crippen LogP contribution is -2.44. The first-order valence-electron chi connectivity index (χ1n) is 5.50. The van der Waals surface area contributed by atoms with Gasteiger partial charge in [-0.25, -0.2) is 0 Å². The molecule has 0 spiro atoms. The summed E-state index contributed by atoms with van der Waals surface area (Å²) >= 11 is 0. The molecule has 1 aromatic carbocycles. The second-order valence-electron chi connectivity index (χ2n) is 5.32. The smallest absolute Gasteiger partial charge is 0.115 e. The van der Waals surface area contributed by atoms with E-state index in [2.05, 4.69) is 27.7 Å². The van der Waals surface area contributed by atoms with Gasteiger partial charge in [-0.15, -0.1) is 0 Å². The van der Waals surface area contributed by atoms with Gasteiger partial charge in [-0.3, -0.25) is 0 Å². The number of rotatable bonds is 1. The molecule has 0 saturated heterocycles. The zero-order valence-corrected chi connectivity index (χ0v) is 10.5. The third-order valence-corrected chi connectivity index (χ3v) is 3.52.